The normalized spacial score (nSPS) is 10.9. The molecule has 0 saturated carbocycles. The first-order valence-corrected chi connectivity index (χ1v) is 37.9. The number of aliphatic hydroxyl groups excluding tert-OH is 1. The maximum atomic E-state index is 14.0. The van der Waals surface area contributed by atoms with Crippen molar-refractivity contribution in [2.75, 3.05) is 27.9 Å². The van der Waals surface area contributed by atoms with Gasteiger partial charge in [-0.15, -0.1) is 12.4 Å². The first-order valence-electron chi connectivity index (χ1n) is 32.5. The first kappa shape index (κ1) is 91.5. The molecule has 0 saturated heterocycles. The van der Waals surface area contributed by atoms with E-state index < -0.39 is 46.7 Å². The van der Waals surface area contributed by atoms with E-state index in [1.54, 1.807) is 42.5 Å². The molecular formula is C82H66Br5Cl4F4N7O8S. The molecule has 0 spiro atoms. The highest BCUT2D eigenvalue weighted by atomic mass is 79.9. The minimum atomic E-state index is -0.817. The Morgan fingerprint density at radius 3 is 1.14 bits per heavy atom. The standard InChI is InChI=1S/C26H20BrFN2O2.C16H15NO2.C13H12BrFN2O2.C10H6Br2FN.C10H7BrFNO.C7H3Cl3O.ClH.H2S/c1-32-26(31)23(14-19-12-13-22(27)25-21(19)15-20(28)16-29-25)30-24(17-8-4-2-5-9-17)18-10-6-3-7-11-18;1-19-15(18)12-17-16(13-8-4-2-5-9-13)14-10-6-3-7-11-14;1-19-13(18)11(16)4-7-2-3-10(14)12-9(7)5-8(15)6-17-12;11-4-6-1-2-9(12)10-8(6)3-7(13)5-14-10;11-9-2-1-6(5-14)8-3-7(12)4-13-10(8)9;8-4-2-1-3-5(9)6(4)7(10)11;;/h2-13,15-16,23H,14H2,1H3;2-11H,12H2,1H3;2-3,5-6,11H,4,16H2,1H3;1-3,5H,4H2;1-4,14H,5H2;1-3H;1H;1H2/t23-;;11-;;;;;/m0.0...../s1. The quantitative estimate of drug-likeness (QED) is 0.0230. The van der Waals surface area contributed by atoms with E-state index in [1.165, 1.54) is 58.0 Å². The number of aliphatic imine (C=N–C) groups is 2. The van der Waals surface area contributed by atoms with Gasteiger partial charge in [-0.3, -0.25) is 44.3 Å². The highest BCUT2D eigenvalue weighted by Crippen LogP contribution is 2.32. The third-order valence-corrected chi connectivity index (χ3v) is 19.8. The molecule has 0 bridgehead atoms. The topological polar surface area (TPSA) is 218 Å². The Labute approximate surface area is 707 Å². The molecule has 0 aliphatic heterocycles. The fourth-order valence-electron chi connectivity index (χ4n) is 10.6. The van der Waals surface area contributed by atoms with Gasteiger partial charge >= 0.3 is 17.9 Å². The fraction of sp³-hybridized carbons (Fsp3) is 0.122. The summed E-state index contributed by atoms with van der Waals surface area (Å²) in [6.07, 6.45) is 5.22. The molecule has 4 heterocycles. The van der Waals surface area contributed by atoms with Crippen molar-refractivity contribution in [1.29, 1.82) is 0 Å². The van der Waals surface area contributed by atoms with Crippen LogP contribution >= 0.6 is 140 Å². The Balaban J connectivity index is 0.000000215. The monoisotopic (exact) mass is 1920 g/mol. The predicted octanol–water partition coefficient (Wildman–Crippen LogP) is 21.2. The van der Waals surface area contributed by atoms with Crippen molar-refractivity contribution < 1.29 is 56.1 Å². The maximum Gasteiger partial charge on any atom is 0.330 e. The summed E-state index contributed by atoms with van der Waals surface area (Å²) in [5, 5.41) is 12.4. The summed E-state index contributed by atoms with van der Waals surface area (Å²) in [5.74, 6) is -2.88. The van der Waals surface area contributed by atoms with Gasteiger partial charge in [-0.1, -0.05) is 191 Å². The van der Waals surface area contributed by atoms with Crippen molar-refractivity contribution in [3.8, 4) is 0 Å². The van der Waals surface area contributed by atoms with Crippen molar-refractivity contribution in [2.24, 2.45) is 15.7 Å². The number of esters is 3. The molecule has 0 fully saturated rings. The van der Waals surface area contributed by atoms with E-state index >= 15 is 0 Å². The van der Waals surface area contributed by atoms with E-state index in [2.05, 4.69) is 114 Å². The van der Waals surface area contributed by atoms with Crippen LogP contribution < -0.4 is 5.73 Å². The first-order chi connectivity index (χ1) is 52.5. The number of halogens is 13. The zero-order valence-electron chi connectivity index (χ0n) is 58.7. The van der Waals surface area contributed by atoms with Crippen molar-refractivity contribution in [3.05, 3.63) is 338 Å². The number of ether oxygens (including phenoxy) is 3. The Hall–Kier alpha value is -8.41. The molecule has 9 aromatic carbocycles. The number of alkyl halides is 1. The Kier molecular flexibility index (Phi) is 37.9. The minimum Gasteiger partial charge on any atom is -0.468 e. The molecule has 13 rings (SSSR count). The summed E-state index contributed by atoms with van der Waals surface area (Å²) in [6, 6.07) is 62.5. The molecule has 111 heavy (non-hydrogen) atoms. The van der Waals surface area contributed by atoms with Crippen LogP contribution in [-0.4, -0.2) is 99.6 Å². The fourth-order valence-corrected chi connectivity index (χ4v) is 13.7. The van der Waals surface area contributed by atoms with Crippen LogP contribution in [0.5, 0.6) is 0 Å². The number of aromatic nitrogens is 4. The smallest absolute Gasteiger partial charge is 0.330 e. The lowest BCUT2D eigenvalue weighted by Crippen LogP contribution is -2.33. The lowest BCUT2D eigenvalue weighted by atomic mass is 9.99. The number of hydrogen-bond acceptors (Lipinski definition) is 15. The number of carbonyl (C=O) groups is 4. The lowest BCUT2D eigenvalue weighted by molar-refractivity contribution is -0.142. The Morgan fingerprint density at radius 2 is 0.802 bits per heavy atom. The zero-order valence-corrected chi connectivity index (χ0v) is 70.7. The molecule has 4 aromatic heterocycles. The van der Waals surface area contributed by atoms with Crippen LogP contribution in [0.15, 0.2) is 265 Å². The number of methoxy groups -OCH3 is 3. The summed E-state index contributed by atoms with van der Waals surface area (Å²) >= 11 is 33.4. The van der Waals surface area contributed by atoms with Gasteiger partial charge in [-0.25, -0.2) is 22.4 Å². The van der Waals surface area contributed by atoms with Gasteiger partial charge in [0.2, 0.25) is 0 Å². The van der Waals surface area contributed by atoms with Gasteiger partial charge in [0.15, 0.2) is 6.04 Å². The lowest BCUT2D eigenvalue weighted by Gasteiger charge is -2.16. The number of rotatable bonds is 16. The summed E-state index contributed by atoms with van der Waals surface area (Å²) < 4.78 is 70.7. The molecule has 0 aliphatic carbocycles. The minimum absolute atomic E-state index is 0. The van der Waals surface area contributed by atoms with Gasteiger partial charge in [0, 0.05) is 73.4 Å². The molecule has 0 unspecified atom stereocenters. The second-order valence-corrected chi connectivity index (χ2v) is 28.1. The van der Waals surface area contributed by atoms with Gasteiger partial charge < -0.3 is 25.1 Å². The number of benzene rings is 9. The summed E-state index contributed by atoms with van der Waals surface area (Å²) in [5.41, 5.74) is 17.1. The Bertz CT molecular complexity index is 5230. The number of nitrogens with zero attached hydrogens (tertiary/aromatic N) is 6. The van der Waals surface area contributed by atoms with E-state index in [-0.39, 0.29) is 79.3 Å². The molecule has 0 radical (unpaired) electrons. The number of aliphatic hydroxyl groups is 1. The van der Waals surface area contributed by atoms with E-state index in [9.17, 15) is 36.7 Å². The van der Waals surface area contributed by atoms with Crippen LogP contribution in [0.1, 0.15) is 54.9 Å². The zero-order chi connectivity index (χ0) is 78.7. The second kappa shape index (κ2) is 45.9. The van der Waals surface area contributed by atoms with E-state index in [0.717, 1.165) is 85.8 Å². The molecule has 0 aliphatic rings. The van der Waals surface area contributed by atoms with Crippen LogP contribution in [-0.2, 0) is 53.4 Å². The van der Waals surface area contributed by atoms with Gasteiger partial charge in [-0.05, 0) is 165 Å². The van der Waals surface area contributed by atoms with Crippen molar-refractivity contribution >= 4 is 219 Å². The van der Waals surface area contributed by atoms with Gasteiger partial charge in [-0.2, -0.15) is 13.5 Å². The number of hydrogen-bond donors (Lipinski definition) is 2. The molecule has 574 valence electrons. The van der Waals surface area contributed by atoms with Crippen LogP contribution in [0.2, 0.25) is 10.0 Å². The molecule has 3 N–H and O–H groups in total. The SMILES string of the molecule is COC(=O)CN=C(c1ccccc1)c1ccccc1.COC(=O)[C@@H](N)Cc1ccc(Br)c2ncc(F)cc12.COC(=O)[C@H](Cc1ccc(Br)c2ncc(F)cc12)N=C(c1ccccc1)c1ccccc1.Cl.Fc1cnc2c(Br)ccc(CBr)c2c1.O=C(Cl)c1c(Cl)cccc1Cl.OCc1ccc(Br)c2ncc(F)cc12.S. The molecule has 2 atom stereocenters. The van der Waals surface area contributed by atoms with Gasteiger partial charge in [0.05, 0.1) is 102 Å². The number of carbonyl (C=O) groups excluding carboxylic acids is 4. The highest BCUT2D eigenvalue weighted by molar-refractivity contribution is 9.11. The maximum absolute atomic E-state index is 14.0. The van der Waals surface area contributed by atoms with E-state index in [0.29, 0.717) is 49.3 Å². The summed E-state index contributed by atoms with van der Waals surface area (Å²) in [4.78, 5) is 71.5. The molecule has 13 aromatic rings. The average Bonchev–Trinajstić information content (AvgIpc) is 0.821. The van der Waals surface area contributed by atoms with Gasteiger partial charge in [0.25, 0.3) is 5.24 Å². The van der Waals surface area contributed by atoms with Crippen LogP contribution in [0.25, 0.3) is 43.6 Å². The highest BCUT2D eigenvalue weighted by Gasteiger charge is 2.24. The van der Waals surface area contributed by atoms with E-state index in [4.69, 9.17) is 55.4 Å². The Morgan fingerprint density at radius 1 is 0.468 bits per heavy atom. The van der Waals surface area contributed by atoms with Crippen molar-refractivity contribution in [1.82, 2.24) is 19.9 Å². The molecular weight excluding hydrogens is 1860 g/mol. The summed E-state index contributed by atoms with van der Waals surface area (Å²) in [7, 11) is 3.99. The largest absolute Gasteiger partial charge is 0.468 e. The second-order valence-electron chi connectivity index (χ2n) is 22.9. The molecule has 29 heteroatoms. The van der Waals surface area contributed by atoms with Crippen molar-refractivity contribution in [2.45, 2.75) is 36.9 Å². The number of fused-ring (bicyclic) bond motifs is 4. The van der Waals surface area contributed by atoms with Crippen molar-refractivity contribution in [3.63, 3.8) is 0 Å². The third kappa shape index (κ3) is 26.1. The number of pyridine rings is 4. The van der Waals surface area contributed by atoms with Crippen LogP contribution in [0.3, 0.4) is 0 Å². The van der Waals surface area contributed by atoms with Crippen LogP contribution in [0, 0.1) is 23.3 Å². The van der Waals surface area contributed by atoms with E-state index in [1.807, 2.05) is 146 Å². The predicted molar refractivity (Wildman–Crippen MR) is 458 cm³/mol. The average molecular weight is 1930 g/mol. The molecule has 15 nitrogen and oxygen atoms in total. The molecule has 0 amide bonds. The third-order valence-electron chi connectivity index (χ3n) is 15.8. The summed E-state index contributed by atoms with van der Waals surface area (Å²) in [6.45, 7) is -0.0927. The van der Waals surface area contributed by atoms with Crippen LogP contribution in [0.4, 0.5) is 17.6 Å². The van der Waals surface area contributed by atoms with Gasteiger partial charge in [0.1, 0.15) is 35.9 Å². The number of nitrogens with two attached hydrogens (primary N) is 1.